The van der Waals surface area contributed by atoms with Crippen LogP contribution in [0.25, 0.3) is 0 Å². The summed E-state index contributed by atoms with van der Waals surface area (Å²) in [4.78, 5) is 2.44. The number of aliphatic hydroxyl groups excluding tert-OH is 1. The lowest BCUT2D eigenvalue weighted by atomic mass is 10.0. The number of likely N-dealkylation sites (N-methyl/N-ethyl adjacent to an activating group) is 1. The van der Waals surface area contributed by atoms with Crippen molar-refractivity contribution in [2.45, 2.75) is 38.3 Å². The van der Waals surface area contributed by atoms with Gasteiger partial charge in [-0.05, 0) is 25.3 Å². The van der Waals surface area contributed by atoms with Crippen LogP contribution >= 0.6 is 0 Å². The van der Waals surface area contributed by atoms with Gasteiger partial charge in [-0.2, -0.15) is 0 Å². The normalized spacial score (nSPS) is 35.3. The van der Waals surface area contributed by atoms with E-state index in [1.807, 2.05) is 0 Å². The van der Waals surface area contributed by atoms with Gasteiger partial charge in [-0.3, -0.25) is 4.90 Å². The Balaban J connectivity index is 1.70. The Morgan fingerprint density at radius 2 is 2.29 bits per heavy atom. The molecule has 2 rings (SSSR count). The molecule has 0 aromatic carbocycles. The Morgan fingerprint density at radius 3 is 3.06 bits per heavy atom. The third-order valence-electron chi connectivity index (χ3n) is 4.17. The summed E-state index contributed by atoms with van der Waals surface area (Å²) in [7, 11) is 0. The van der Waals surface area contributed by atoms with E-state index in [2.05, 4.69) is 17.1 Å². The quantitative estimate of drug-likeness (QED) is 0.735. The molecule has 4 nitrogen and oxygen atoms in total. The molecule has 2 fully saturated rings. The summed E-state index contributed by atoms with van der Waals surface area (Å²) in [6, 6.07) is 0.501. The van der Waals surface area contributed by atoms with Gasteiger partial charge in [0.15, 0.2) is 0 Å². The molecule has 4 heteroatoms. The van der Waals surface area contributed by atoms with E-state index in [4.69, 9.17) is 4.74 Å². The van der Waals surface area contributed by atoms with Crippen molar-refractivity contribution in [3.05, 3.63) is 0 Å². The van der Waals surface area contributed by atoms with Crippen LogP contribution in [0.4, 0.5) is 0 Å². The first kappa shape index (κ1) is 13.3. The van der Waals surface area contributed by atoms with Crippen LogP contribution in [0, 0.1) is 5.92 Å². The highest BCUT2D eigenvalue weighted by Crippen LogP contribution is 2.25. The Kier molecular flexibility index (Phi) is 5.22. The standard InChI is InChI=1S/C13H26N2O2/c1-2-15-6-7-17-12(9-15)8-14-13-5-3-4-11(13)10-16/h11-14,16H,2-10H2,1H3. The van der Waals surface area contributed by atoms with Crippen LogP contribution in [0.3, 0.4) is 0 Å². The summed E-state index contributed by atoms with van der Waals surface area (Å²) in [5, 5.41) is 12.9. The number of aliphatic hydroxyl groups is 1. The molecule has 0 spiro atoms. The number of ether oxygens (including phenoxy) is 1. The Labute approximate surface area is 104 Å². The summed E-state index contributed by atoms with van der Waals surface area (Å²) in [5.41, 5.74) is 0. The van der Waals surface area contributed by atoms with Gasteiger partial charge in [-0.25, -0.2) is 0 Å². The van der Waals surface area contributed by atoms with E-state index in [1.54, 1.807) is 0 Å². The van der Waals surface area contributed by atoms with Crippen molar-refractivity contribution in [2.24, 2.45) is 5.92 Å². The van der Waals surface area contributed by atoms with E-state index < -0.39 is 0 Å². The van der Waals surface area contributed by atoms with Crippen LogP contribution in [0.2, 0.25) is 0 Å². The first-order valence-electron chi connectivity index (χ1n) is 7.01. The average Bonchev–Trinajstić information content (AvgIpc) is 2.84. The van der Waals surface area contributed by atoms with Gasteiger partial charge in [0.25, 0.3) is 0 Å². The van der Waals surface area contributed by atoms with Crippen LogP contribution in [0.15, 0.2) is 0 Å². The number of hydrogen-bond acceptors (Lipinski definition) is 4. The monoisotopic (exact) mass is 242 g/mol. The molecule has 0 aromatic rings. The minimum absolute atomic E-state index is 0.323. The molecule has 0 aromatic heterocycles. The van der Waals surface area contributed by atoms with E-state index in [0.717, 1.165) is 32.8 Å². The van der Waals surface area contributed by atoms with Crippen LogP contribution in [0.1, 0.15) is 26.2 Å². The molecule has 0 radical (unpaired) electrons. The van der Waals surface area contributed by atoms with Crippen molar-refractivity contribution in [1.82, 2.24) is 10.2 Å². The lowest BCUT2D eigenvalue weighted by Crippen LogP contribution is -2.48. The molecule has 1 aliphatic carbocycles. The molecule has 1 saturated heterocycles. The van der Waals surface area contributed by atoms with E-state index in [0.29, 0.717) is 24.7 Å². The predicted octanol–water partition coefficient (Wildman–Crippen LogP) is 0.458. The van der Waals surface area contributed by atoms with Crippen molar-refractivity contribution in [3.8, 4) is 0 Å². The molecule has 1 aliphatic heterocycles. The molecule has 3 atom stereocenters. The fraction of sp³-hybridized carbons (Fsp3) is 1.00. The van der Waals surface area contributed by atoms with Crippen LogP contribution in [-0.2, 0) is 4.74 Å². The number of hydrogen-bond donors (Lipinski definition) is 2. The largest absolute Gasteiger partial charge is 0.396 e. The first-order chi connectivity index (χ1) is 8.33. The number of nitrogens with zero attached hydrogens (tertiary/aromatic N) is 1. The maximum absolute atomic E-state index is 9.27. The molecule has 17 heavy (non-hydrogen) atoms. The second-order valence-corrected chi connectivity index (χ2v) is 5.27. The van der Waals surface area contributed by atoms with Crippen LogP contribution in [0.5, 0.6) is 0 Å². The van der Waals surface area contributed by atoms with Gasteiger partial charge in [-0.15, -0.1) is 0 Å². The Hall–Kier alpha value is -0.160. The second kappa shape index (κ2) is 6.69. The van der Waals surface area contributed by atoms with E-state index >= 15 is 0 Å². The highest BCUT2D eigenvalue weighted by Gasteiger charge is 2.27. The van der Waals surface area contributed by atoms with Gasteiger partial charge in [0.05, 0.1) is 12.7 Å². The predicted molar refractivity (Wildman–Crippen MR) is 68.1 cm³/mol. The van der Waals surface area contributed by atoms with Crippen molar-refractivity contribution >= 4 is 0 Å². The molecule has 1 saturated carbocycles. The van der Waals surface area contributed by atoms with Gasteiger partial charge < -0.3 is 15.2 Å². The summed E-state index contributed by atoms with van der Waals surface area (Å²) >= 11 is 0. The van der Waals surface area contributed by atoms with Gasteiger partial charge >= 0.3 is 0 Å². The van der Waals surface area contributed by atoms with Gasteiger partial charge in [0.1, 0.15) is 0 Å². The molecule has 100 valence electrons. The first-order valence-corrected chi connectivity index (χ1v) is 7.01. The Morgan fingerprint density at radius 1 is 1.41 bits per heavy atom. The lowest BCUT2D eigenvalue weighted by molar-refractivity contribution is -0.0271. The molecular formula is C13H26N2O2. The van der Waals surface area contributed by atoms with E-state index in [1.165, 1.54) is 19.3 Å². The van der Waals surface area contributed by atoms with Gasteiger partial charge in [0.2, 0.25) is 0 Å². The maximum atomic E-state index is 9.27. The molecule has 0 amide bonds. The van der Waals surface area contributed by atoms with E-state index in [9.17, 15) is 5.11 Å². The van der Waals surface area contributed by atoms with Crippen LogP contribution < -0.4 is 5.32 Å². The number of morpholine rings is 1. The smallest absolute Gasteiger partial charge is 0.0826 e. The Bertz CT molecular complexity index is 225. The van der Waals surface area contributed by atoms with Crippen molar-refractivity contribution in [3.63, 3.8) is 0 Å². The molecule has 3 unspecified atom stereocenters. The topological polar surface area (TPSA) is 44.7 Å². The molecule has 2 N–H and O–H groups in total. The molecule has 0 bridgehead atoms. The molecule has 2 aliphatic rings. The third kappa shape index (κ3) is 3.65. The molecule has 1 heterocycles. The fourth-order valence-electron chi connectivity index (χ4n) is 3.00. The summed E-state index contributed by atoms with van der Waals surface area (Å²) in [6.07, 6.45) is 3.94. The summed E-state index contributed by atoms with van der Waals surface area (Å²) in [6.45, 7) is 7.53. The van der Waals surface area contributed by atoms with Gasteiger partial charge in [0, 0.05) is 32.3 Å². The minimum atomic E-state index is 0.323. The highest BCUT2D eigenvalue weighted by atomic mass is 16.5. The van der Waals surface area contributed by atoms with E-state index in [-0.39, 0.29) is 0 Å². The van der Waals surface area contributed by atoms with Crippen molar-refractivity contribution in [1.29, 1.82) is 0 Å². The zero-order chi connectivity index (χ0) is 12.1. The highest BCUT2D eigenvalue weighted by molar-refractivity contribution is 4.84. The summed E-state index contributed by atoms with van der Waals surface area (Å²) in [5.74, 6) is 0.459. The average molecular weight is 242 g/mol. The van der Waals surface area contributed by atoms with Gasteiger partial charge in [-0.1, -0.05) is 13.3 Å². The lowest BCUT2D eigenvalue weighted by Gasteiger charge is -2.33. The molecular weight excluding hydrogens is 216 g/mol. The number of nitrogens with one attached hydrogen (secondary N) is 1. The zero-order valence-electron chi connectivity index (χ0n) is 10.9. The minimum Gasteiger partial charge on any atom is -0.396 e. The van der Waals surface area contributed by atoms with Crippen molar-refractivity contribution < 1.29 is 9.84 Å². The summed E-state index contributed by atoms with van der Waals surface area (Å²) < 4.78 is 5.77. The number of rotatable bonds is 5. The third-order valence-corrected chi connectivity index (χ3v) is 4.17. The second-order valence-electron chi connectivity index (χ2n) is 5.27. The fourth-order valence-corrected chi connectivity index (χ4v) is 3.00. The maximum Gasteiger partial charge on any atom is 0.0826 e. The SMILES string of the molecule is CCN1CCOC(CNC2CCCC2CO)C1. The van der Waals surface area contributed by atoms with Crippen LogP contribution in [-0.4, -0.2) is 61.5 Å². The zero-order valence-corrected chi connectivity index (χ0v) is 10.9. The van der Waals surface area contributed by atoms with Crippen molar-refractivity contribution in [2.75, 3.05) is 39.4 Å².